The molecule has 1 atom stereocenters. The fourth-order valence-electron chi connectivity index (χ4n) is 1.50. The lowest BCUT2D eigenvalue weighted by molar-refractivity contribution is 0.131. The van der Waals surface area contributed by atoms with Gasteiger partial charge in [0.1, 0.15) is 0 Å². The van der Waals surface area contributed by atoms with Crippen molar-refractivity contribution in [2.24, 2.45) is 5.92 Å². The zero-order valence-corrected chi connectivity index (χ0v) is 11.1. The summed E-state index contributed by atoms with van der Waals surface area (Å²) < 4.78 is 5.08. The van der Waals surface area contributed by atoms with Gasteiger partial charge >= 0.3 is 6.09 Å². The second-order valence-corrected chi connectivity index (χ2v) is 4.67. The van der Waals surface area contributed by atoms with Crippen molar-refractivity contribution in [2.45, 2.75) is 26.3 Å². The molecule has 0 bridgehead atoms. The van der Waals surface area contributed by atoms with Crippen LogP contribution in [0.1, 0.15) is 19.4 Å². The Morgan fingerprint density at radius 2 is 2.06 bits per heavy atom. The van der Waals surface area contributed by atoms with Crippen LogP contribution in [0.5, 0.6) is 0 Å². The van der Waals surface area contributed by atoms with E-state index < -0.39 is 0 Å². The standard InChI is InChI=1S/C15H21NO2/c1-4-14(10-13-8-6-5-7-9-13)16-15(17)18-11-12(2)3/h4-9,12,14H,1,10-11H2,2-3H3,(H,16,17). The molecule has 0 aliphatic heterocycles. The van der Waals surface area contributed by atoms with Crippen LogP contribution in [0.2, 0.25) is 0 Å². The van der Waals surface area contributed by atoms with Gasteiger partial charge in [0.05, 0.1) is 12.6 Å². The number of hydrogen-bond acceptors (Lipinski definition) is 2. The Morgan fingerprint density at radius 3 is 2.61 bits per heavy atom. The Bertz CT molecular complexity index is 373. The summed E-state index contributed by atoms with van der Waals surface area (Å²) in [6.07, 6.45) is 2.06. The van der Waals surface area contributed by atoms with E-state index in [0.717, 1.165) is 12.0 Å². The van der Waals surface area contributed by atoms with Gasteiger partial charge < -0.3 is 10.1 Å². The number of nitrogens with one attached hydrogen (secondary N) is 1. The molecule has 3 heteroatoms. The van der Waals surface area contributed by atoms with Crippen molar-refractivity contribution in [3.8, 4) is 0 Å². The first-order valence-corrected chi connectivity index (χ1v) is 6.21. The fourth-order valence-corrected chi connectivity index (χ4v) is 1.50. The van der Waals surface area contributed by atoms with Crippen LogP contribution < -0.4 is 5.32 Å². The summed E-state index contributed by atoms with van der Waals surface area (Å²) in [4.78, 5) is 11.5. The molecule has 1 amide bonds. The molecule has 1 unspecified atom stereocenters. The smallest absolute Gasteiger partial charge is 0.407 e. The lowest BCUT2D eigenvalue weighted by Gasteiger charge is -2.15. The summed E-state index contributed by atoms with van der Waals surface area (Å²) in [5, 5.41) is 2.79. The Hall–Kier alpha value is -1.77. The van der Waals surface area contributed by atoms with Crippen molar-refractivity contribution >= 4 is 6.09 Å². The minimum atomic E-state index is -0.385. The number of alkyl carbamates (subject to hydrolysis) is 1. The van der Waals surface area contributed by atoms with E-state index in [9.17, 15) is 4.79 Å². The van der Waals surface area contributed by atoms with Crippen LogP contribution in [-0.4, -0.2) is 18.7 Å². The second-order valence-electron chi connectivity index (χ2n) is 4.67. The van der Waals surface area contributed by atoms with E-state index >= 15 is 0 Å². The first-order chi connectivity index (χ1) is 8.61. The average molecular weight is 247 g/mol. The van der Waals surface area contributed by atoms with Gasteiger partial charge in [0.15, 0.2) is 0 Å². The molecular weight excluding hydrogens is 226 g/mol. The monoisotopic (exact) mass is 247 g/mol. The molecule has 18 heavy (non-hydrogen) atoms. The highest BCUT2D eigenvalue weighted by molar-refractivity contribution is 5.67. The normalized spacial score (nSPS) is 11.9. The van der Waals surface area contributed by atoms with Gasteiger partial charge in [-0.1, -0.05) is 50.3 Å². The van der Waals surface area contributed by atoms with E-state index in [1.165, 1.54) is 0 Å². The topological polar surface area (TPSA) is 38.3 Å². The fraction of sp³-hybridized carbons (Fsp3) is 0.400. The number of rotatable bonds is 6. The predicted octanol–water partition coefficient (Wildman–Crippen LogP) is 3.17. The van der Waals surface area contributed by atoms with E-state index in [2.05, 4.69) is 11.9 Å². The molecule has 0 radical (unpaired) electrons. The van der Waals surface area contributed by atoms with Crippen LogP contribution in [0.25, 0.3) is 0 Å². The molecule has 0 saturated heterocycles. The van der Waals surface area contributed by atoms with Crippen LogP contribution >= 0.6 is 0 Å². The Balaban J connectivity index is 2.42. The highest BCUT2D eigenvalue weighted by Gasteiger charge is 2.10. The molecule has 0 aliphatic carbocycles. The quantitative estimate of drug-likeness (QED) is 0.784. The molecule has 1 rings (SSSR count). The van der Waals surface area contributed by atoms with Crippen molar-refractivity contribution in [1.82, 2.24) is 5.32 Å². The summed E-state index contributed by atoms with van der Waals surface area (Å²) in [7, 11) is 0. The number of hydrogen-bond donors (Lipinski definition) is 1. The molecule has 0 fully saturated rings. The molecule has 1 N–H and O–H groups in total. The summed E-state index contributed by atoms with van der Waals surface area (Å²) in [6, 6.07) is 9.87. The number of benzene rings is 1. The van der Waals surface area contributed by atoms with Crippen molar-refractivity contribution in [3.63, 3.8) is 0 Å². The van der Waals surface area contributed by atoms with Crippen LogP contribution in [0.4, 0.5) is 4.79 Å². The first-order valence-electron chi connectivity index (χ1n) is 6.21. The van der Waals surface area contributed by atoms with Gasteiger partial charge in [-0.15, -0.1) is 6.58 Å². The van der Waals surface area contributed by atoms with Crippen molar-refractivity contribution in [2.75, 3.05) is 6.61 Å². The zero-order chi connectivity index (χ0) is 13.4. The second kappa shape index (κ2) is 7.54. The molecule has 98 valence electrons. The van der Waals surface area contributed by atoms with Gasteiger partial charge in [-0.2, -0.15) is 0 Å². The Kier molecular flexibility index (Phi) is 5.98. The third kappa shape index (κ3) is 5.53. The zero-order valence-electron chi connectivity index (χ0n) is 11.1. The maximum atomic E-state index is 11.5. The summed E-state index contributed by atoms with van der Waals surface area (Å²) in [6.45, 7) is 8.17. The molecule has 0 saturated carbocycles. The van der Waals surface area contributed by atoms with Gasteiger partial charge in [0, 0.05) is 0 Å². The Morgan fingerprint density at radius 1 is 1.39 bits per heavy atom. The largest absolute Gasteiger partial charge is 0.449 e. The maximum absolute atomic E-state index is 11.5. The molecule has 0 spiro atoms. The minimum absolute atomic E-state index is 0.105. The highest BCUT2D eigenvalue weighted by atomic mass is 16.5. The average Bonchev–Trinajstić information content (AvgIpc) is 2.37. The third-order valence-corrected chi connectivity index (χ3v) is 2.43. The van der Waals surface area contributed by atoms with Gasteiger partial charge in [0.25, 0.3) is 0 Å². The van der Waals surface area contributed by atoms with Crippen LogP contribution in [0, 0.1) is 5.92 Å². The molecule has 0 heterocycles. The molecule has 3 nitrogen and oxygen atoms in total. The molecule has 0 aromatic heterocycles. The number of ether oxygens (including phenoxy) is 1. The lowest BCUT2D eigenvalue weighted by Crippen LogP contribution is -2.35. The Labute approximate surface area is 109 Å². The van der Waals surface area contributed by atoms with E-state index in [1.807, 2.05) is 44.2 Å². The minimum Gasteiger partial charge on any atom is -0.449 e. The summed E-state index contributed by atoms with van der Waals surface area (Å²) in [5.74, 6) is 0.340. The van der Waals surface area contributed by atoms with Gasteiger partial charge in [-0.3, -0.25) is 0 Å². The van der Waals surface area contributed by atoms with Crippen molar-refractivity contribution in [3.05, 3.63) is 48.6 Å². The van der Waals surface area contributed by atoms with E-state index in [4.69, 9.17) is 4.74 Å². The molecule has 0 aliphatic rings. The van der Waals surface area contributed by atoms with E-state index in [1.54, 1.807) is 6.08 Å². The molecule has 1 aromatic carbocycles. The van der Waals surface area contributed by atoms with Crippen LogP contribution in [0.3, 0.4) is 0 Å². The van der Waals surface area contributed by atoms with E-state index in [0.29, 0.717) is 12.5 Å². The summed E-state index contributed by atoms with van der Waals surface area (Å²) >= 11 is 0. The number of carbonyl (C=O) groups is 1. The van der Waals surface area contributed by atoms with Gasteiger partial charge in [0.2, 0.25) is 0 Å². The van der Waals surface area contributed by atoms with Gasteiger partial charge in [-0.05, 0) is 17.9 Å². The number of amides is 1. The van der Waals surface area contributed by atoms with Crippen LogP contribution in [0.15, 0.2) is 43.0 Å². The van der Waals surface area contributed by atoms with Crippen molar-refractivity contribution in [1.29, 1.82) is 0 Å². The molecule has 1 aromatic rings. The highest BCUT2D eigenvalue weighted by Crippen LogP contribution is 2.04. The lowest BCUT2D eigenvalue weighted by atomic mass is 10.1. The predicted molar refractivity (Wildman–Crippen MR) is 73.5 cm³/mol. The van der Waals surface area contributed by atoms with Gasteiger partial charge in [-0.25, -0.2) is 4.79 Å². The van der Waals surface area contributed by atoms with Crippen LogP contribution in [-0.2, 0) is 11.2 Å². The molecular formula is C15H21NO2. The third-order valence-electron chi connectivity index (χ3n) is 2.43. The van der Waals surface area contributed by atoms with Crippen molar-refractivity contribution < 1.29 is 9.53 Å². The summed E-state index contributed by atoms with van der Waals surface area (Å²) in [5.41, 5.74) is 1.16. The SMILES string of the molecule is C=CC(Cc1ccccc1)NC(=O)OCC(C)C. The maximum Gasteiger partial charge on any atom is 0.407 e. The first kappa shape index (κ1) is 14.3. The van der Waals surface area contributed by atoms with E-state index in [-0.39, 0.29) is 12.1 Å². The number of carbonyl (C=O) groups excluding carboxylic acids is 1.